The van der Waals surface area contributed by atoms with Gasteiger partial charge in [0, 0.05) is 16.0 Å². The van der Waals surface area contributed by atoms with Crippen LogP contribution in [0.5, 0.6) is 0 Å². The number of para-hydroxylation sites is 1. The zero-order chi connectivity index (χ0) is 19.2. The molecular formula is C21H15Cl2NO2S. The number of benzene rings is 3. The van der Waals surface area contributed by atoms with Crippen LogP contribution < -0.4 is 5.32 Å². The molecule has 1 amide bonds. The Hall–Kier alpha value is -2.27. The van der Waals surface area contributed by atoms with E-state index < -0.39 is 0 Å². The summed E-state index contributed by atoms with van der Waals surface area (Å²) >= 11 is 13.6. The first-order chi connectivity index (χ1) is 13.0. The quantitative estimate of drug-likeness (QED) is 0.383. The maximum absolute atomic E-state index is 12.5. The maximum Gasteiger partial charge on any atom is 0.255 e. The second-order valence-corrected chi connectivity index (χ2v) is 7.52. The molecule has 0 spiro atoms. The summed E-state index contributed by atoms with van der Waals surface area (Å²) in [7, 11) is 0. The molecule has 0 heterocycles. The van der Waals surface area contributed by atoms with Gasteiger partial charge in [0.2, 0.25) is 0 Å². The number of anilines is 1. The maximum atomic E-state index is 12.5. The largest absolute Gasteiger partial charge is 0.319 e. The summed E-state index contributed by atoms with van der Waals surface area (Å²) in [4.78, 5) is 25.6. The fourth-order valence-corrected chi connectivity index (χ4v) is 3.73. The SMILES string of the molecule is O=C(CSc1cccc(C(=O)Nc2c(Cl)cccc2Cl)c1)c1ccccc1. The number of carbonyl (C=O) groups excluding carboxylic acids is 2. The van der Waals surface area contributed by atoms with Crippen LogP contribution >= 0.6 is 35.0 Å². The van der Waals surface area contributed by atoms with E-state index >= 15 is 0 Å². The van der Waals surface area contributed by atoms with E-state index in [-0.39, 0.29) is 11.7 Å². The van der Waals surface area contributed by atoms with Crippen LogP contribution in [0.15, 0.2) is 77.7 Å². The van der Waals surface area contributed by atoms with Crippen molar-refractivity contribution in [3.05, 3.63) is 94.0 Å². The third-order valence-corrected chi connectivity index (χ3v) is 5.39. The van der Waals surface area contributed by atoms with Gasteiger partial charge < -0.3 is 5.32 Å². The number of hydrogen-bond donors (Lipinski definition) is 1. The van der Waals surface area contributed by atoms with Gasteiger partial charge in [-0.05, 0) is 30.3 Å². The predicted molar refractivity (Wildman–Crippen MR) is 112 cm³/mol. The topological polar surface area (TPSA) is 46.2 Å². The Bertz CT molecular complexity index is 957. The number of thioether (sulfide) groups is 1. The molecule has 6 heteroatoms. The van der Waals surface area contributed by atoms with Crippen molar-refractivity contribution in [3.8, 4) is 0 Å². The zero-order valence-corrected chi connectivity index (χ0v) is 16.4. The Kier molecular flexibility index (Phi) is 6.56. The Morgan fingerprint density at radius 1 is 0.815 bits per heavy atom. The summed E-state index contributed by atoms with van der Waals surface area (Å²) in [6, 6.07) is 21.2. The van der Waals surface area contributed by atoms with Crippen molar-refractivity contribution in [3.63, 3.8) is 0 Å². The van der Waals surface area contributed by atoms with Crippen LogP contribution in [0.25, 0.3) is 0 Å². The lowest BCUT2D eigenvalue weighted by atomic mass is 10.2. The van der Waals surface area contributed by atoms with Crippen LogP contribution in [0.2, 0.25) is 10.0 Å². The van der Waals surface area contributed by atoms with E-state index in [1.165, 1.54) is 11.8 Å². The number of nitrogens with one attached hydrogen (secondary N) is 1. The fraction of sp³-hybridized carbons (Fsp3) is 0.0476. The third kappa shape index (κ3) is 5.13. The molecule has 0 unspecified atom stereocenters. The Morgan fingerprint density at radius 2 is 1.44 bits per heavy atom. The monoisotopic (exact) mass is 415 g/mol. The van der Waals surface area contributed by atoms with Gasteiger partial charge in [-0.2, -0.15) is 0 Å². The van der Waals surface area contributed by atoms with Crippen molar-refractivity contribution in [2.45, 2.75) is 4.90 Å². The molecule has 0 saturated carbocycles. The van der Waals surface area contributed by atoms with E-state index in [0.717, 1.165) is 4.90 Å². The van der Waals surface area contributed by atoms with Crippen LogP contribution in [0.3, 0.4) is 0 Å². The number of hydrogen-bond acceptors (Lipinski definition) is 3. The van der Waals surface area contributed by atoms with Crippen LogP contribution in [0, 0.1) is 0 Å². The Balaban J connectivity index is 1.68. The first kappa shape index (κ1) is 19.5. The number of Topliss-reactive ketones (excluding diaryl/α,β-unsaturated/α-hetero) is 1. The van der Waals surface area contributed by atoms with Crippen molar-refractivity contribution in [2.75, 3.05) is 11.1 Å². The average molecular weight is 416 g/mol. The van der Waals surface area contributed by atoms with Crippen molar-refractivity contribution in [1.29, 1.82) is 0 Å². The molecule has 0 aliphatic rings. The van der Waals surface area contributed by atoms with Crippen molar-refractivity contribution in [2.24, 2.45) is 0 Å². The number of amides is 1. The summed E-state index contributed by atoms with van der Waals surface area (Å²) < 4.78 is 0. The molecule has 136 valence electrons. The molecule has 0 aliphatic carbocycles. The molecule has 0 aliphatic heterocycles. The lowest BCUT2D eigenvalue weighted by Gasteiger charge is -2.10. The molecular weight excluding hydrogens is 401 g/mol. The van der Waals surface area contributed by atoms with E-state index in [4.69, 9.17) is 23.2 Å². The highest BCUT2D eigenvalue weighted by atomic mass is 35.5. The number of rotatable bonds is 6. The number of ketones is 1. The van der Waals surface area contributed by atoms with Gasteiger partial charge >= 0.3 is 0 Å². The minimum atomic E-state index is -0.318. The smallest absolute Gasteiger partial charge is 0.255 e. The van der Waals surface area contributed by atoms with Crippen molar-refractivity contribution in [1.82, 2.24) is 0 Å². The molecule has 0 fully saturated rings. The van der Waals surface area contributed by atoms with Gasteiger partial charge in [-0.1, -0.05) is 65.7 Å². The predicted octanol–water partition coefficient (Wildman–Crippen LogP) is 6.22. The van der Waals surface area contributed by atoms with Gasteiger partial charge in [0.05, 0.1) is 21.5 Å². The summed E-state index contributed by atoms with van der Waals surface area (Å²) in [5.41, 5.74) is 1.51. The van der Waals surface area contributed by atoms with E-state index in [1.54, 1.807) is 48.5 Å². The molecule has 0 bridgehead atoms. The molecule has 0 aromatic heterocycles. The summed E-state index contributed by atoms with van der Waals surface area (Å²) in [5.74, 6) is 0.0194. The highest BCUT2D eigenvalue weighted by molar-refractivity contribution is 8.00. The van der Waals surface area contributed by atoms with Gasteiger partial charge in [0.1, 0.15) is 0 Å². The van der Waals surface area contributed by atoms with Gasteiger partial charge in [-0.15, -0.1) is 11.8 Å². The van der Waals surface area contributed by atoms with E-state index in [2.05, 4.69) is 5.32 Å². The van der Waals surface area contributed by atoms with E-state index in [1.807, 2.05) is 24.3 Å². The lowest BCUT2D eigenvalue weighted by molar-refractivity contribution is 0.101. The highest BCUT2D eigenvalue weighted by Crippen LogP contribution is 2.30. The van der Waals surface area contributed by atoms with Gasteiger partial charge in [-0.25, -0.2) is 0 Å². The van der Waals surface area contributed by atoms with Gasteiger partial charge in [0.15, 0.2) is 5.78 Å². The van der Waals surface area contributed by atoms with Gasteiger partial charge in [0.25, 0.3) is 5.91 Å². The molecule has 0 radical (unpaired) electrons. The Morgan fingerprint density at radius 3 is 2.15 bits per heavy atom. The summed E-state index contributed by atoms with van der Waals surface area (Å²) in [6.07, 6.45) is 0. The molecule has 0 saturated heterocycles. The zero-order valence-electron chi connectivity index (χ0n) is 14.1. The van der Waals surface area contributed by atoms with Crippen LogP contribution in [-0.4, -0.2) is 17.4 Å². The molecule has 27 heavy (non-hydrogen) atoms. The third-order valence-electron chi connectivity index (χ3n) is 3.76. The lowest BCUT2D eigenvalue weighted by Crippen LogP contribution is -2.12. The van der Waals surface area contributed by atoms with Crippen LogP contribution in [0.1, 0.15) is 20.7 Å². The molecule has 1 N–H and O–H groups in total. The average Bonchev–Trinajstić information content (AvgIpc) is 2.70. The first-order valence-electron chi connectivity index (χ1n) is 8.11. The number of carbonyl (C=O) groups is 2. The molecule has 0 atom stereocenters. The van der Waals surface area contributed by atoms with Crippen molar-refractivity contribution < 1.29 is 9.59 Å². The van der Waals surface area contributed by atoms with E-state index in [9.17, 15) is 9.59 Å². The van der Waals surface area contributed by atoms with Gasteiger partial charge in [-0.3, -0.25) is 9.59 Å². The second-order valence-electron chi connectivity index (χ2n) is 5.66. The van der Waals surface area contributed by atoms with Crippen LogP contribution in [-0.2, 0) is 0 Å². The highest BCUT2D eigenvalue weighted by Gasteiger charge is 2.13. The second kappa shape index (κ2) is 9.09. The van der Waals surface area contributed by atoms with E-state index in [0.29, 0.717) is 32.6 Å². The minimum absolute atomic E-state index is 0.0401. The fourth-order valence-electron chi connectivity index (χ4n) is 2.39. The summed E-state index contributed by atoms with van der Waals surface area (Å²) in [6.45, 7) is 0. The minimum Gasteiger partial charge on any atom is -0.319 e. The molecule has 3 nitrogen and oxygen atoms in total. The molecule has 3 rings (SSSR count). The Labute approximate surface area is 171 Å². The molecule has 3 aromatic carbocycles. The van der Waals surface area contributed by atoms with Crippen LogP contribution in [0.4, 0.5) is 5.69 Å². The standard InChI is InChI=1S/C21H15Cl2NO2S/c22-17-10-5-11-18(23)20(17)24-21(26)15-8-4-9-16(12-15)27-13-19(25)14-6-2-1-3-7-14/h1-12H,13H2,(H,24,26). The first-order valence-corrected chi connectivity index (χ1v) is 9.85. The summed E-state index contributed by atoms with van der Waals surface area (Å²) in [5, 5.41) is 3.47. The van der Waals surface area contributed by atoms with Crippen molar-refractivity contribution >= 4 is 52.3 Å². The molecule has 3 aromatic rings. The number of halogens is 2. The normalized spacial score (nSPS) is 10.4.